The van der Waals surface area contributed by atoms with E-state index in [0.717, 1.165) is 15.4 Å². The van der Waals surface area contributed by atoms with Crippen LogP contribution in [0.25, 0.3) is 6.08 Å². The van der Waals surface area contributed by atoms with Crippen molar-refractivity contribution in [1.29, 1.82) is 0 Å². The zero-order valence-electron chi connectivity index (χ0n) is 19.1. The molecule has 1 aliphatic rings. The summed E-state index contributed by atoms with van der Waals surface area (Å²) in [6, 6.07) is 6.57. The van der Waals surface area contributed by atoms with Gasteiger partial charge in [-0.3, -0.25) is 9.36 Å². The molecular weight excluding hydrogens is 715 g/mol. The van der Waals surface area contributed by atoms with Gasteiger partial charge in [-0.2, -0.15) is 0 Å². The first kappa shape index (κ1) is 26.4. The number of thiazole rings is 1. The predicted molar refractivity (Wildman–Crippen MR) is 149 cm³/mol. The molecule has 0 radical (unpaired) electrons. The number of carbonyl (C=O) groups excluding carboxylic acids is 1. The topological polar surface area (TPSA) is 83.0 Å². The van der Waals surface area contributed by atoms with E-state index in [-0.39, 0.29) is 12.2 Å². The Morgan fingerprint density at radius 3 is 2.71 bits per heavy atom. The number of ether oxygens (including phenoxy) is 2. The van der Waals surface area contributed by atoms with E-state index >= 15 is 0 Å². The molecule has 0 unspecified atom stereocenters. The van der Waals surface area contributed by atoms with E-state index in [1.807, 2.05) is 19.1 Å². The van der Waals surface area contributed by atoms with Crippen LogP contribution >= 0.6 is 65.8 Å². The van der Waals surface area contributed by atoms with Crippen LogP contribution in [0.5, 0.6) is 5.75 Å². The molecule has 0 fully saturated rings. The second-order valence-corrected chi connectivity index (χ2v) is 11.3. The minimum Gasteiger partial charge on any atom is -0.496 e. The van der Waals surface area contributed by atoms with Crippen LogP contribution in [0.1, 0.15) is 44.1 Å². The van der Waals surface area contributed by atoms with Gasteiger partial charge in [-0.15, -0.1) is 0 Å². The van der Waals surface area contributed by atoms with Crippen molar-refractivity contribution < 1.29 is 18.7 Å². The predicted octanol–water partition coefficient (Wildman–Crippen LogP) is 5.31. The SMILES string of the molecule is CCCC1=C(C(=O)OCC)[C@H](c2cc(Br)ccc2OC)n2c(s/c(=C/c3cc(Br)c(I)o3)c2=O)=N1. The van der Waals surface area contributed by atoms with E-state index in [1.54, 1.807) is 36.8 Å². The maximum Gasteiger partial charge on any atom is 0.338 e. The second kappa shape index (κ2) is 11.1. The van der Waals surface area contributed by atoms with Gasteiger partial charge in [0.05, 0.1) is 34.0 Å². The van der Waals surface area contributed by atoms with Crippen molar-refractivity contribution >= 4 is 77.8 Å². The van der Waals surface area contributed by atoms with E-state index in [2.05, 4.69) is 54.5 Å². The average molecular weight is 736 g/mol. The summed E-state index contributed by atoms with van der Waals surface area (Å²) in [5.74, 6) is 0.601. The zero-order valence-corrected chi connectivity index (χ0v) is 25.2. The highest BCUT2D eigenvalue weighted by atomic mass is 127. The molecule has 0 aliphatic carbocycles. The van der Waals surface area contributed by atoms with Crippen LogP contribution in [-0.4, -0.2) is 24.3 Å². The zero-order chi connectivity index (χ0) is 25.3. The fourth-order valence-corrected chi connectivity index (χ4v) is 5.99. The molecule has 35 heavy (non-hydrogen) atoms. The van der Waals surface area contributed by atoms with Gasteiger partial charge in [0.25, 0.3) is 5.56 Å². The van der Waals surface area contributed by atoms with Crippen molar-refractivity contribution in [3.05, 3.63) is 79.3 Å². The van der Waals surface area contributed by atoms with Gasteiger partial charge in [0.1, 0.15) is 17.6 Å². The number of methoxy groups -OCH3 is 1. The third-order valence-corrected chi connectivity index (χ3v) is 8.92. The van der Waals surface area contributed by atoms with Crippen molar-refractivity contribution in [2.24, 2.45) is 4.99 Å². The number of carbonyl (C=O) groups is 1. The molecule has 0 spiro atoms. The van der Waals surface area contributed by atoms with E-state index in [1.165, 1.54) is 11.3 Å². The molecule has 1 aliphatic heterocycles. The van der Waals surface area contributed by atoms with Gasteiger partial charge < -0.3 is 13.9 Å². The molecule has 0 saturated carbocycles. The Labute approximate surface area is 235 Å². The summed E-state index contributed by atoms with van der Waals surface area (Å²) in [5, 5.41) is 0. The fourth-order valence-electron chi connectivity index (χ4n) is 3.90. The lowest BCUT2D eigenvalue weighted by atomic mass is 9.93. The van der Waals surface area contributed by atoms with E-state index in [4.69, 9.17) is 18.9 Å². The normalized spacial score (nSPS) is 15.7. The maximum atomic E-state index is 13.8. The quantitative estimate of drug-likeness (QED) is 0.243. The van der Waals surface area contributed by atoms with Gasteiger partial charge in [-0.1, -0.05) is 40.6 Å². The molecule has 2 aromatic heterocycles. The molecule has 3 aromatic rings. The highest BCUT2D eigenvalue weighted by Crippen LogP contribution is 2.38. The molecule has 0 saturated heterocycles. The van der Waals surface area contributed by atoms with Gasteiger partial charge in [0.2, 0.25) is 0 Å². The summed E-state index contributed by atoms with van der Waals surface area (Å²) < 4.78 is 21.1. The molecule has 3 heterocycles. The summed E-state index contributed by atoms with van der Waals surface area (Å²) in [5.41, 5.74) is 1.34. The van der Waals surface area contributed by atoms with E-state index in [0.29, 0.717) is 47.9 Å². The Morgan fingerprint density at radius 1 is 1.31 bits per heavy atom. The van der Waals surface area contributed by atoms with Crippen molar-refractivity contribution in [1.82, 2.24) is 4.57 Å². The molecular formula is C24H21Br2IN2O5S. The standard InChI is InChI=1S/C24H21Br2IN2O5S/c1-4-6-16-19(23(31)33-5-2)20(14-9-12(25)7-8-17(14)32-3)29-22(30)18(35-24(29)28-16)11-13-10-15(26)21(27)34-13/h7-11,20H,4-6H2,1-3H3/b18-11+/t20-/m0/s1. The van der Waals surface area contributed by atoms with Crippen LogP contribution in [0, 0.1) is 3.77 Å². The third kappa shape index (κ3) is 5.23. The molecule has 7 nitrogen and oxygen atoms in total. The Balaban J connectivity index is 2.05. The molecule has 4 rings (SSSR count). The Morgan fingerprint density at radius 2 is 2.09 bits per heavy atom. The van der Waals surface area contributed by atoms with Crippen LogP contribution in [0.15, 0.2) is 58.7 Å². The van der Waals surface area contributed by atoms with Gasteiger partial charge >= 0.3 is 5.97 Å². The number of halogens is 3. The smallest absolute Gasteiger partial charge is 0.338 e. The second-order valence-electron chi connectivity index (χ2n) is 7.57. The summed E-state index contributed by atoms with van der Waals surface area (Å²) >= 11 is 10.3. The van der Waals surface area contributed by atoms with Gasteiger partial charge in [0.15, 0.2) is 8.57 Å². The van der Waals surface area contributed by atoms with Crippen molar-refractivity contribution in [2.75, 3.05) is 13.7 Å². The summed E-state index contributed by atoms with van der Waals surface area (Å²) in [6.07, 6.45) is 3.03. The number of allylic oxidation sites excluding steroid dienone is 1. The van der Waals surface area contributed by atoms with Gasteiger partial charge in [-0.05, 0) is 53.5 Å². The Kier molecular flexibility index (Phi) is 8.39. The molecule has 11 heteroatoms. The maximum absolute atomic E-state index is 13.8. The van der Waals surface area contributed by atoms with Crippen LogP contribution in [-0.2, 0) is 9.53 Å². The highest BCUT2D eigenvalue weighted by Gasteiger charge is 2.36. The number of furan rings is 1. The number of nitrogens with zero attached hydrogens (tertiary/aromatic N) is 2. The van der Waals surface area contributed by atoms with Crippen molar-refractivity contribution in [3.63, 3.8) is 0 Å². The van der Waals surface area contributed by atoms with Crippen LogP contribution in [0.3, 0.4) is 0 Å². The first-order valence-electron chi connectivity index (χ1n) is 10.8. The molecule has 0 bridgehead atoms. The van der Waals surface area contributed by atoms with Gasteiger partial charge in [-0.25, -0.2) is 9.79 Å². The van der Waals surface area contributed by atoms with Crippen molar-refractivity contribution in [2.45, 2.75) is 32.7 Å². The Bertz CT molecular complexity index is 1490. The number of hydrogen-bond acceptors (Lipinski definition) is 7. The average Bonchev–Trinajstić information content (AvgIpc) is 3.30. The first-order valence-corrected chi connectivity index (χ1v) is 14.3. The van der Waals surface area contributed by atoms with Crippen LogP contribution in [0.2, 0.25) is 0 Å². The first-order chi connectivity index (χ1) is 16.8. The number of benzene rings is 1. The lowest BCUT2D eigenvalue weighted by molar-refractivity contribution is -0.139. The summed E-state index contributed by atoms with van der Waals surface area (Å²) in [7, 11) is 1.56. The minimum atomic E-state index is -0.759. The highest BCUT2D eigenvalue weighted by molar-refractivity contribution is 14.1. The molecule has 184 valence electrons. The monoisotopic (exact) mass is 734 g/mol. The van der Waals surface area contributed by atoms with Gasteiger partial charge in [0, 0.05) is 38.7 Å². The number of esters is 1. The molecule has 1 atom stereocenters. The number of fused-ring (bicyclic) bond motifs is 1. The molecule has 0 N–H and O–H groups in total. The van der Waals surface area contributed by atoms with Crippen molar-refractivity contribution in [3.8, 4) is 5.75 Å². The number of aromatic nitrogens is 1. The third-order valence-electron chi connectivity index (χ3n) is 5.32. The fraction of sp³-hybridized carbons (Fsp3) is 0.292. The largest absolute Gasteiger partial charge is 0.496 e. The number of hydrogen-bond donors (Lipinski definition) is 0. The Hall–Kier alpha value is -1.70. The lowest BCUT2D eigenvalue weighted by Gasteiger charge is -2.27. The van der Waals surface area contributed by atoms with E-state index < -0.39 is 12.0 Å². The number of rotatable bonds is 7. The van der Waals surface area contributed by atoms with Crippen LogP contribution < -0.4 is 19.6 Å². The lowest BCUT2D eigenvalue weighted by Crippen LogP contribution is -2.40. The summed E-state index contributed by atoms with van der Waals surface area (Å²) in [4.78, 5) is 32.3. The molecule has 0 amide bonds. The minimum absolute atomic E-state index is 0.209. The summed E-state index contributed by atoms with van der Waals surface area (Å²) in [6.45, 7) is 3.98. The van der Waals surface area contributed by atoms with Crippen LogP contribution in [0.4, 0.5) is 0 Å². The van der Waals surface area contributed by atoms with E-state index in [9.17, 15) is 9.59 Å². The molecule has 1 aromatic carbocycles.